The Balaban J connectivity index is 1.81. The molecular weight excluding hydrogens is 306 g/mol. The number of benzene rings is 2. The maximum atomic E-state index is 12.0. The lowest BCUT2D eigenvalue weighted by atomic mass is 10.1. The number of anilines is 1. The summed E-state index contributed by atoms with van der Waals surface area (Å²) in [7, 11) is 0. The Hall–Kier alpha value is -3.33. The van der Waals surface area contributed by atoms with Gasteiger partial charge in [0, 0.05) is 12.1 Å². The Morgan fingerprint density at radius 3 is 2.33 bits per heavy atom. The van der Waals surface area contributed by atoms with E-state index in [2.05, 4.69) is 11.4 Å². The van der Waals surface area contributed by atoms with E-state index in [1.807, 2.05) is 12.1 Å². The number of nitrogens with zero attached hydrogens (tertiary/aromatic N) is 1. The summed E-state index contributed by atoms with van der Waals surface area (Å²) in [5.41, 5.74) is 7.24. The van der Waals surface area contributed by atoms with E-state index in [0.717, 1.165) is 5.56 Å². The molecule has 2 amide bonds. The summed E-state index contributed by atoms with van der Waals surface area (Å²) in [6.45, 7) is -0.184. The zero-order chi connectivity index (χ0) is 17.4. The minimum atomic E-state index is -0.546. The molecule has 122 valence electrons. The minimum Gasteiger partial charge on any atom is -0.484 e. The van der Waals surface area contributed by atoms with Crippen molar-refractivity contribution < 1.29 is 14.3 Å². The normalized spacial score (nSPS) is 9.79. The fourth-order valence-corrected chi connectivity index (χ4v) is 2.02. The number of hydrogen-bond donors (Lipinski definition) is 2. The Kier molecular flexibility index (Phi) is 5.92. The van der Waals surface area contributed by atoms with Gasteiger partial charge < -0.3 is 15.8 Å². The third-order valence-corrected chi connectivity index (χ3v) is 3.24. The molecule has 6 nitrogen and oxygen atoms in total. The van der Waals surface area contributed by atoms with E-state index >= 15 is 0 Å². The summed E-state index contributed by atoms with van der Waals surface area (Å²) in [6.07, 6.45) is 0.934. The van der Waals surface area contributed by atoms with Gasteiger partial charge in [-0.1, -0.05) is 12.1 Å². The third-order valence-electron chi connectivity index (χ3n) is 3.24. The molecule has 0 radical (unpaired) electrons. The third kappa shape index (κ3) is 5.46. The van der Waals surface area contributed by atoms with E-state index in [4.69, 9.17) is 15.7 Å². The van der Waals surface area contributed by atoms with E-state index < -0.39 is 5.91 Å². The lowest BCUT2D eigenvalue weighted by molar-refractivity contribution is -0.120. The topological polar surface area (TPSA) is 105 Å². The number of hydrogen-bond acceptors (Lipinski definition) is 4. The average molecular weight is 323 g/mol. The van der Waals surface area contributed by atoms with Crippen molar-refractivity contribution in [1.29, 1.82) is 5.26 Å². The molecule has 0 aromatic heterocycles. The van der Waals surface area contributed by atoms with Crippen molar-refractivity contribution >= 4 is 17.5 Å². The number of aryl methyl sites for hydroxylation is 1. The first-order chi connectivity index (χ1) is 11.6. The zero-order valence-corrected chi connectivity index (χ0v) is 13.0. The highest BCUT2D eigenvalue weighted by Gasteiger charge is 2.04. The minimum absolute atomic E-state index is 0.106. The van der Waals surface area contributed by atoms with Crippen molar-refractivity contribution in [2.45, 2.75) is 12.8 Å². The molecular formula is C18H17N3O3. The smallest absolute Gasteiger partial charge is 0.255 e. The number of nitriles is 1. The van der Waals surface area contributed by atoms with Crippen LogP contribution >= 0.6 is 0 Å². The summed E-state index contributed by atoms with van der Waals surface area (Å²) in [4.78, 5) is 22.6. The zero-order valence-electron chi connectivity index (χ0n) is 13.0. The summed E-state index contributed by atoms with van der Waals surface area (Å²) >= 11 is 0. The van der Waals surface area contributed by atoms with Gasteiger partial charge in [-0.3, -0.25) is 9.59 Å². The van der Waals surface area contributed by atoms with Crippen LogP contribution in [-0.4, -0.2) is 18.4 Å². The van der Waals surface area contributed by atoms with Crippen LogP contribution in [0.5, 0.6) is 5.75 Å². The SMILES string of the molecule is N#Cc1ccc(CCC(=O)Nc2ccc(OCC(N)=O)cc2)cc1. The second kappa shape index (κ2) is 8.34. The molecule has 0 fully saturated rings. The van der Waals surface area contributed by atoms with Crippen LogP contribution in [0.2, 0.25) is 0 Å². The number of amides is 2. The molecule has 0 atom stereocenters. The van der Waals surface area contributed by atoms with Crippen LogP contribution in [0.1, 0.15) is 17.5 Å². The number of nitrogens with one attached hydrogen (secondary N) is 1. The predicted molar refractivity (Wildman–Crippen MR) is 89.2 cm³/mol. The fraction of sp³-hybridized carbons (Fsp3) is 0.167. The van der Waals surface area contributed by atoms with Gasteiger partial charge in [-0.15, -0.1) is 0 Å². The van der Waals surface area contributed by atoms with Gasteiger partial charge in [-0.2, -0.15) is 5.26 Å². The molecule has 6 heteroatoms. The van der Waals surface area contributed by atoms with Crippen molar-refractivity contribution in [3.8, 4) is 11.8 Å². The van der Waals surface area contributed by atoms with Gasteiger partial charge in [0.2, 0.25) is 5.91 Å². The number of ether oxygens (including phenoxy) is 1. The van der Waals surface area contributed by atoms with E-state index in [1.165, 1.54) is 0 Å². The van der Waals surface area contributed by atoms with Crippen LogP contribution in [0.25, 0.3) is 0 Å². The Morgan fingerprint density at radius 2 is 1.75 bits per heavy atom. The van der Waals surface area contributed by atoms with Gasteiger partial charge in [0.1, 0.15) is 5.75 Å². The Morgan fingerprint density at radius 1 is 1.08 bits per heavy atom. The maximum absolute atomic E-state index is 12.0. The van der Waals surface area contributed by atoms with E-state index in [9.17, 15) is 9.59 Å². The molecule has 0 aliphatic carbocycles. The molecule has 3 N–H and O–H groups in total. The van der Waals surface area contributed by atoms with E-state index in [-0.39, 0.29) is 12.5 Å². The second-order valence-corrected chi connectivity index (χ2v) is 5.14. The summed E-state index contributed by atoms with van der Waals surface area (Å²) in [5.74, 6) is -0.148. The first kappa shape index (κ1) is 17.0. The monoisotopic (exact) mass is 323 g/mol. The number of carbonyl (C=O) groups is 2. The molecule has 0 heterocycles. The molecule has 0 spiro atoms. The molecule has 0 aliphatic heterocycles. The molecule has 0 bridgehead atoms. The van der Waals surface area contributed by atoms with Crippen LogP contribution < -0.4 is 15.8 Å². The van der Waals surface area contributed by atoms with Crippen molar-refractivity contribution in [3.05, 3.63) is 59.7 Å². The van der Waals surface area contributed by atoms with Gasteiger partial charge in [0.15, 0.2) is 6.61 Å². The number of rotatable bonds is 7. The number of carbonyl (C=O) groups excluding carboxylic acids is 2. The number of primary amides is 1. The van der Waals surface area contributed by atoms with Crippen molar-refractivity contribution in [3.63, 3.8) is 0 Å². The summed E-state index contributed by atoms with van der Waals surface area (Å²) < 4.78 is 5.14. The molecule has 0 saturated heterocycles. The molecule has 2 aromatic rings. The van der Waals surface area contributed by atoms with Crippen LogP contribution in [-0.2, 0) is 16.0 Å². The van der Waals surface area contributed by atoms with Gasteiger partial charge in [0.25, 0.3) is 5.91 Å². The second-order valence-electron chi connectivity index (χ2n) is 5.14. The van der Waals surface area contributed by atoms with Crippen molar-refractivity contribution in [2.24, 2.45) is 5.73 Å². The van der Waals surface area contributed by atoms with Gasteiger partial charge in [0.05, 0.1) is 11.6 Å². The standard InChI is InChI=1S/C18H17N3O3/c19-11-14-3-1-13(2-4-14)5-10-18(23)21-15-6-8-16(9-7-15)24-12-17(20)22/h1-4,6-9H,5,10,12H2,(H2,20,22)(H,21,23). The fourth-order valence-electron chi connectivity index (χ4n) is 2.02. The highest BCUT2D eigenvalue weighted by Crippen LogP contribution is 2.16. The van der Waals surface area contributed by atoms with Gasteiger partial charge >= 0.3 is 0 Å². The highest BCUT2D eigenvalue weighted by atomic mass is 16.5. The van der Waals surface area contributed by atoms with Gasteiger partial charge in [-0.05, 0) is 48.4 Å². The predicted octanol–water partition coefficient (Wildman–Crippen LogP) is 1.99. The average Bonchev–Trinajstić information content (AvgIpc) is 2.60. The maximum Gasteiger partial charge on any atom is 0.255 e. The summed E-state index contributed by atoms with van der Waals surface area (Å²) in [6, 6.07) is 15.9. The first-order valence-corrected chi connectivity index (χ1v) is 7.37. The molecule has 2 aromatic carbocycles. The van der Waals surface area contributed by atoms with Gasteiger partial charge in [-0.25, -0.2) is 0 Å². The van der Waals surface area contributed by atoms with Crippen molar-refractivity contribution in [2.75, 3.05) is 11.9 Å². The van der Waals surface area contributed by atoms with Crippen LogP contribution in [0, 0.1) is 11.3 Å². The van der Waals surface area contributed by atoms with E-state index in [1.54, 1.807) is 36.4 Å². The lowest BCUT2D eigenvalue weighted by Crippen LogP contribution is -2.20. The Labute approximate surface area is 139 Å². The first-order valence-electron chi connectivity index (χ1n) is 7.37. The molecule has 0 saturated carbocycles. The molecule has 2 rings (SSSR count). The van der Waals surface area contributed by atoms with Crippen LogP contribution in [0.15, 0.2) is 48.5 Å². The molecule has 0 unspecified atom stereocenters. The molecule has 24 heavy (non-hydrogen) atoms. The van der Waals surface area contributed by atoms with E-state index in [0.29, 0.717) is 29.8 Å². The molecule has 0 aliphatic rings. The van der Waals surface area contributed by atoms with Crippen molar-refractivity contribution in [1.82, 2.24) is 0 Å². The lowest BCUT2D eigenvalue weighted by Gasteiger charge is -2.07. The largest absolute Gasteiger partial charge is 0.484 e. The summed E-state index contributed by atoms with van der Waals surface area (Å²) in [5, 5.41) is 11.5. The van der Waals surface area contributed by atoms with Crippen LogP contribution in [0.3, 0.4) is 0 Å². The number of nitrogens with two attached hydrogens (primary N) is 1. The quantitative estimate of drug-likeness (QED) is 0.812. The van der Waals surface area contributed by atoms with Crippen LogP contribution in [0.4, 0.5) is 5.69 Å². The highest BCUT2D eigenvalue weighted by molar-refractivity contribution is 5.90. The Bertz CT molecular complexity index is 747.